The quantitative estimate of drug-likeness (QED) is 0.250. The maximum atomic E-state index is 14.3. The van der Waals surface area contributed by atoms with E-state index in [4.69, 9.17) is 9.47 Å². The molecule has 1 N–H and O–H groups in total. The van der Waals surface area contributed by atoms with Gasteiger partial charge in [-0.05, 0) is 51.1 Å². The molecule has 1 amide bonds. The van der Waals surface area contributed by atoms with E-state index in [1.165, 1.54) is 29.1 Å². The first kappa shape index (κ1) is 26.6. The van der Waals surface area contributed by atoms with Gasteiger partial charge in [-0.3, -0.25) is 9.59 Å². The topological polar surface area (TPSA) is 99.5 Å². The van der Waals surface area contributed by atoms with E-state index in [1.54, 1.807) is 20.8 Å². The lowest BCUT2D eigenvalue weighted by Crippen LogP contribution is -2.26. The van der Waals surface area contributed by atoms with Gasteiger partial charge < -0.3 is 14.8 Å². The molecule has 0 saturated heterocycles. The van der Waals surface area contributed by atoms with Crippen LogP contribution < -0.4 is 10.1 Å². The largest absolute Gasteiger partial charge is 0.490 e. The molecule has 12 heteroatoms. The van der Waals surface area contributed by atoms with E-state index in [-0.39, 0.29) is 5.69 Å². The maximum absolute atomic E-state index is 14.3. The van der Waals surface area contributed by atoms with Gasteiger partial charge in [-0.1, -0.05) is 0 Å². The summed E-state index contributed by atoms with van der Waals surface area (Å²) >= 11 is 0. The van der Waals surface area contributed by atoms with Crippen molar-refractivity contribution in [3.63, 3.8) is 0 Å². The molecule has 0 fully saturated rings. The predicted octanol–water partition coefficient (Wildman–Crippen LogP) is 5.34. The van der Waals surface area contributed by atoms with E-state index in [2.05, 4.69) is 10.3 Å². The summed E-state index contributed by atoms with van der Waals surface area (Å²) in [4.78, 5) is 41.1. The van der Waals surface area contributed by atoms with Gasteiger partial charge in [0.1, 0.15) is 11.9 Å². The first-order valence-electron chi connectivity index (χ1n) is 10.8. The van der Waals surface area contributed by atoms with Gasteiger partial charge in [0.2, 0.25) is 18.1 Å². The summed E-state index contributed by atoms with van der Waals surface area (Å²) in [5, 5.41) is 2.46. The van der Waals surface area contributed by atoms with Gasteiger partial charge in [-0.15, -0.1) is 0 Å². The number of nitrogens with zero attached hydrogens (tertiary/aromatic N) is 2. The molecule has 1 heterocycles. The van der Waals surface area contributed by atoms with Crippen molar-refractivity contribution in [2.45, 2.75) is 45.6 Å². The Labute approximate surface area is 203 Å². The summed E-state index contributed by atoms with van der Waals surface area (Å²) in [6, 6.07) is 6.31. The molecule has 0 atom stereocenters. The summed E-state index contributed by atoms with van der Waals surface area (Å²) < 4.78 is 64.1. The van der Waals surface area contributed by atoms with E-state index < -0.39 is 72.2 Å². The Balaban J connectivity index is 1.66. The highest BCUT2D eigenvalue weighted by Crippen LogP contribution is 2.25. The van der Waals surface area contributed by atoms with E-state index >= 15 is 0 Å². The number of halogens is 4. The van der Waals surface area contributed by atoms with Crippen molar-refractivity contribution in [1.82, 2.24) is 9.55 Å². The van der Waals surface area contributed by atoms with Crippen LogP contribution in [0.1, 0.15) is 44.0 Å². The second kappa shape index (κ2) is 10.8. The average molecular weight is 509 g/mol. The number of benzene rings is 2. The first-order valence-corrected chi connectivity index (χ1v) is 10.8. The lowest BCUT2D eigenvalue weighted by atomic mass is 10.1. The summed E-state index contributed by atoms with van der Waals surface area (Å²) in [7, 11) is 0. The van der Waals surface area contributed by atoms with Crippen LogP contribution in [-0.2, 0) is 9.53 Å². The predicted molar refractivity (Wildman–Crippen MR) is 121 cm³/mol. The molecule has 3 aromatic rings. The number of carbonyl (C=O) groups excluding carboxylic acids is 3. The molecule has 1 aromatic heterocycles. The van der Waals surface area contributed by atoms with Crippen molar-refractivity contribution in [2.75, 3.05) is 11.9 Å². The van der Waals surface area contributed by atoms with Crippen molar-refractivity contribution in [2.24, 2.45) is 0 Å². The van der Waals surface area contributed by atoms with E-state index in [0.717, 1.165) is 12.1 Å². The minimum atomic E-state index is -2.67. The molecule has 0 aliphatic carbocycles. The second-order valence-corrected chi connectivity index (χ2v) is 8.71. The number of imidazole rings is 1. The van der Waals surface area contributed by atoms with E-state index in [9.17, 15) is 31.9 Å². The zero-order valence-corrected chi connectivity index (χ0v) is 19.6. The number of aromatic nitrogens is 2. The molecule has 0 spiro atoms. The van der Waals surface area contributed by atoms with Crippen molar-refractivity contribution < 1.29 is 41.4 Å². The van der Waals surface area contributed by atoms with Gasteiger partial charge in [-0.25, -0.2) is 27.5 Å². The molecular formula is C24H23F4N3O5. The van der Waals surface area contributed by atoms with Crippen LogP contribution in [0.2, 0.25) is 0 Å². The van der Waals surface area contributed by atoms with Crippen LogP contribution in [0.25, 0.3) is 11.0 Å². The Morgan fingerprint density at radius 2 is 1.81 bits per heavy atom. The zero-order chi connectivity index (χ0) is 26.6. The number of ether oxygens (including phenoxy) is 2. The summed E-state index contributed by atoms with van der Waals surface area (Å²) in [6.45, 7) is 4.62. The van der Waals surface area contributed by atoms with E-state index in [1.807, 2.05) is 0 Å². The van der Waals surface area contributed by atoms with Gasteiger partial charge in [0, 0.05) is 12.1 Å². The number of carbonyl (C=O) groups is 3. The molecule has 2 aromatic carbocycles. The number of rotatable bonds is 8. The normalized spacial score (nSPS) is 11.6. The second-order valence-electron chi connectivity index (χ2n) is 8.71. The average Bonchev–Trinajstić information content (AvgIpc) is 3.18. The van der Waals surface area contributed by atoms with Gasteiger partial charge in [0.25, 0.3) is 0 Å². The van der Waals surface area contributed by atoms with Crippen LogP contribution in [0.15, 0.2) is 36.7 Å². The number of ketones is 1. The number of nitrogens with one attached hydrogen (secondary N) is 1. The SMILES string of the molecule is CC(C)(C)OC(=O)n1cnc2cc(NC(=O)CC(=O)c3ccc(OCCC(F)F)c(F)c3F)ccc21. The highest BCUT2D eigenvalue weighted by Gasteiger charge is 2.23. The van der Waals surface area contributed by atoms with Crippen LogP contribution in [0.4, 0.5) is 28.0 Å². The minimum Gasteiger partial charge on any atom is -0.490 e. The smallest absolute Gasteiger partial charge is 0.420 e. The van der Waals surface area contributed by atoms with Crippen LogP contribution in [0.5, 0.6) is 5.75 Å². The number of alkyl halides is 2. The lowest BCUT2D eigenvalue weighted by molar-refractivity contribution is -0.115. The summed E-state index contributed by atoms with van der Waals surface area (Å²) in [6.07, 6.45) is -3.50. The molecule has 0 radical (unpaired) electrons. The minimum absolute atomic E-state index is 0.254. The molecule has 0 bridgehead atoms. The van der Waals surface area contributed by atoms with E-state index in [0.29, 0.717) is 11.0 Å². The number of hydrogen-bond donors (Lipinski definition) is 1. The fraction of sp³-hybridized carbons (Fsp3) is 0.333. The lowest BCUT2D eigenvalue weighted by Gasteiger charge is -2.19. The summed E-state index contributed by atoms with van der Waals surface area (Å²) in [5.74, 6) is -5.48. The number of fused-ring (bicyclic) bond motifs is 1. The van der Waals surface area contributed by atoms with Gasteiger partial charge in [0.05, 0.1) is 29.6 Å². The fourth-order valence-electron chi connectivity index (χ4n) is 3.11. The van der Waals surface area contributed by atoms with Gasteiger partial charge in [-0.2, -0.15) is 4.39 Å². The van der Waals surface area contributed by atoms with Crippen LogP contribution in [0.3, 0.4) is 0 Å². The Kier molecular flexibility index (Phi) is 7.96. The van der Waals surface area contributed by atoms with Crippen LogP contribution in [-0.4, -0.2) is 46.0 Å². The third-order valence-electron chi connectivity index (χ3n) is 4.68. The third-order valence-corrected chi connectivity index (χ3v) is 4.68. The van der Waals surface area contributed by atoms with Crippen molar-refractivity contribution in [3.05, 3.63) is 53.9 Å². The molecule has 8 nitrogen and oxygen atoms in total. The molecule has 0 saturated carbocycles. The monoisotopic (exact) mass is 509 g/mol. The molecule has 0 aliphatic heterocycles. The number of amides is 1. The Morgan fingerprint density at radius 1 is 1.08 bits per heavy atom. The number of anilines is 1. The summed E-state index contributed by atoms with van der Waals surface area (Å²) in [5.41, 5.74) is -0.357. The Morgan fingerprint density at radius 3 is 2.47 bits per heavy atom. The highest BCUT2D eigenvalue weighted by molar-refractivity contribution is 6.11. The van der Waals surface area contributed by atoms with Crippen molar-refractivity contribution in [1.29, 1.82) is 0 Å². The zero-order valence-electron chi connectivity index (χ0n) is 19.6. The van der Waals surface area contributed by atoms with Gasteiger partial charge in [0.15, 0.2) is 17.3 Å². The van der Waals surface area contributed by atoms with Crippen molar-refractivity contribution in [3.8, 4) is 5.75 Å². The number of Topliss-reactive ketones (excluding diaryl/α,β-unsaturated/α-hetero) is 1. The van der Waals surface area contributed by atoms with Crippen LogP contribution in [0, 0.1) is 11.6 Å². The number of hydrogen-bond acceptors (Lipinski definition) is 6. The molecular weight excluding hydrogens is 486 g/mol. The highest BCUT2D eigenvalue weighted by atomic mass is 19.3. The fourth-order valence-corrected chi connectivity index (χ4v) is 3.11. The van der Waals surface area contributed by atoms with Crippen molar-refractivity contribution >= 4 is 34.5 Å². The standard InChI is InChI=1S/C24H23F4N3O5/c1-24(2,3)36-23(34)31-12-29-15-10-13(4-6-16(15)31)30-20(33)11-17(32)14-5-7-18(22(28)21(14)27)35-9-8-19(25)26/h4-7,10,12,19H,8-9,11H2,1-3H3,(H,30,33). The van der Waals surface area contributed by atoms with Gasteiger partial charge >= 0.3 is 6.09 Å². The Hall–Kier alpha value is -3.96. The molecule has 3 rings (SSSR count). The molecule has 0 aliphatic rings. The van der Waals surface area contributed by atoms with Crippen LogP contribution >= 0.6 is 0 Å². The first-order chi connectivity index (χ1) is 16.9. The third kappa shape index (κ3) is 6.58. The molecule has 0 unspecified atom stereocenters. The molecule has 192 valence electrons. The Bertz CT molecular complexity index is 1300. The maximum Gasteiger partial charge on any atom is 0.420 e. The molecule has 36 heavy (non-hydrogen) atoms.